The zero-order valence-electron chi connectivity index (χ0n) is 33.8. The molecule has 2 saturated heterocycles. The Hall–Kier alpha value is -1.68. The molecule has 13 heteroatoms. The SMILES string of the molecule is CC1CCC2(C(=O)OC3OC(C)C(O)C(O)C3O)CCC3(C(=O)O)C(=CCC4C5(C)CCC(OC6OC(C)C(O)C(O)C6O)C(C)(C)C5CCC43C)C2C1C. The first-order valence-electron chi connectivity index (χ1n) is 20.8. The minimum absolute atomic E-state index is 0.0169. The summed E-state index contributed by atoms with van der Waals surface area (Å²) in [4.78, 5) is 28.8. The molecule has 13 nitrogen and oxygen atoms in total. The second-order valence-corrected chi connectivity index (χ2v) is 19.9. The van der Waals surface area contributed by atoms with Crippen LogP contribution >= 0.6 is 0 Å². The van der Waals surface area contributed by atoms with Gasteiger partial charge in [0.2, 0.25) is 6.29 Å². The van der Waals surface area contributed by atoms with E-state index in [2.05, 4.69) is 47.6 Å². The van der Waals surface area contributed by atoms with E-state index in [0.717, 1.165) is 24.8 Å². The van der Waals surface area contributed by atoms with Crippen LogP contribution in [0, 0.1) is 56.7 Å². The molecule has 5 aliphatic carbocycles. The largest absolute Gasteiger partial charge is 0.481 e. The van der Waals surface area contributed by atoms with E-state index in [9.17, 15) is 45.3 Å². The number of esters is 1. The average Bonchev–Trinajstić information content (AvgIpc) is 3.12. The highest BCUT2D eigenvalue weighted by Crippen LogP contribution is 2.76. The molecule has 2 heterocycles. The number of fused-ring (bicyclic) bond motifs is 7. The van der Waals surface area contributed by atoms with Gasteiger partial charge >= 0.3 is 11.9 Å². The van der Waals surface area contributed by atoms with E-state index >= 15 is 0 Å². The third kappa shape index (κ3) is 5.79. The fourth-order valence-electron chi connectivity index (χ4n) is 13.8. The number of carbonyl (C=O) groups excluding carboxylic acids is 1. The Bertz CT molecular complexity index is 1530. The Morgan fingerprint density at radius 3 is 1.93 bits per heavy atom. The summed E-state index contributed by atoms with van der Waals surface area (Å²) < 4.78 is 24.0. The summed E-state index contributed by atoms with van der Waals surface area (Å²) in [6.45, 7) is 16.3. The number of aliphatic carboxylic acids is 1. The number of carboxylic acids is 1. The third-order valence-electron chi connectivity index (χ3n) is 17.3. The highest BCUT2D eigenvalue weighted by molar-refractivity contribution is 5.85. The molecule has 55 heavy (non-hydrogen) atoms. The molecular weight excluding hydrogens is 712 g/mol. The van der Waals surface area contributed by atoms with Crippen molar-refractivity contribution in [3.05, 3.63) is 11.6 Å². The number of hydrogen-bond donors (Lipinski definition) is 7. The molecule has 312 valence electrons. The van der Waals surface area contributed by atoms with Crippen LogP contribution in [0.4, 0.5) is 0 Å². The quantitative estimate of drug-likeness (QED) is 0.122. The molecule has 2 aliphatic heterocycles. The van der Waals surface area contributed by atoms with Gasteiger partial charge in [0, 0.05) is 0 Å². The van der Waals surface area contributed by atoms with Gasteiger partial charge in [0.25, 0.3) is 0 Å². The Morgan fingerprint density at radius 2 is 1.31 bits per heavy atom. The van der Waals surface area contributed by atoms with E-state index in [1.54, 1.807) is 13.8 Å². The number of allylic oxidation sites excluding steroid dienone is 1. The van der Waals surface area contributed by atoms with Crippen LogP contribution in [-0.4, -0.2) is 115 Å². The van der Waals surface area contributed by atoms with Crippen LogP contribution in [0.3, 0.4) is 0 Å². The number of aliphatic hydroxyl groups is 6. The molecule has 7 rings (SSSR count). The van der Waals surface area contributed by atoms with Gasteiger partial charge in [0.05, 0.1) is 29.1 Å². The maximum atomic E-state index is 14.6. The lowest BCUT2D eigenvalue weighted by atomic mass is 9.33. The van der Waals surface area contributed by atoms with E-state index in [1.165, 1.54) is 0 Å². The summed E-state index contributed by atoms with van der Waals surface area (Å²) >= 11 is 0. The van der Waals surface area contributed by atoms with E-state index < -0.39 is 101 Å². The molecule has 7 N–H and O–H groups in total. The summed E-state index contributed by atoms with van der Waals surface area (Å²) in [5, 5.41) is 74.7. The fraction of sp³-hybridized carbons (Fsp3) is 0.905. The van der Waals surface area contributed by atoms with Crippen LogP contribution in [0.25, 0.3) is 0 Å². The lowest BCUT2D eigenvalue weighted by molar-refractivity contribution is -0.324. The first kappa shape index (κ1) is 41.5. The predicted octanol–water partition coefficient (Wildman–Crippen LogP) is 3.29. The van der Waals surface area contributed by atoms with Crippen molar-refractivity contribution >= 4 is 11.9 Å². The van der Waals surface area contributed by atoms with E-state index in [1.807, 2.05) is 0 Å². The van der Waals surface area contributed by atoms with Gasteiger partial charge in [-0.2, -0.15) is 0 Å². The van der Waals surface area contributed by atoms with E-state index in [-0.39, 0.29) is 41.6 Å². The molecule has 6 fully saturated rings. The summed E-state index contributed by atoms with van der Waals surface area (Å²) in [6.07, 6.45) is -5.50. The minimum Gasteiger partial charge on any atom is -0.481 e. The highest BCUT2D eigenvalue weighted by atomic mass is 16.7. The molecule has 0 aromatic rings. The average molecular weight is 779 g/mol. The van der Waals surface area contributed by atoms with Crippen molar-refractivity contribution in [2.24, 2.45) is 56.7 Å². The molecule has 0 radical (unpaired) electrons. The molecule has 20 atom stereocenters. The fourth-order valence-corrected chi connectivity index (χ4v) is 13.8. The van der Waals surface area contributed by atoms with Gasteiger partial charge in [-0.05, 0) is 117 Å². The molecule has 7 aliphatic rings. The van der Waals surface area contributed by atoms with Gasteiger partial charge in [-0.1, -0.05) is 53.2 Å². The maximum absolute atomic E-state index is 14.6. The van der Waals surface area contributed by atoms with Crippen LogP contribution < -0.4 is 0 Å². The van der Waals surface area contributed by atoms with Crippen molar-refractivity contribution in [3.8, 4) is 0 Å². The van der Waals surface area contributed by atoms with Crippen molar-refractivity contribution in [1.82, 2.24) is 0 Å². The number of carbonyl (C=O) groups is 2. The molecule has 0 amide bonds. The highest BCUT2D eigenvalue weighted by Gasteiger charge is 2.74. The first-order valence-corrected chi connectivity index (χ1v) is 20.8. The minimum atomic E-state index is -1.64. The van der Waals surface area contributed by atoms with Crippen LogP contribution in [0.5, 0.6) is 0 Å². The van der Waals surface area contributed by atoms with Gasteiger partial charge in [-0.3, -0.25) is 9.59 Å². The molecule has 4 saturated carbocycles. The van der Waals surface area contributed by atoms with Gasteiger partial charge < -0.3 is 54.7 Å². The van der Waals surface area contributed by atoms with Crippen LogP contribution in [-0.2, 0) is 28.5 Å². The number of ether oxygens (including phenoxy) is 4. The second kappa shape index (κ2) is 14.0. The zero-order chi connectivity index (χ0) is 40.4. The lowest BCUT2D eigenvalue weighted by Crippen LogP contribution is -2.68. The van der Waals surface area contributed by atoms with Crippen molar-refractivity contribution in [3.63, 3.8) is 0 Å². The molecule has 0 bridgehead atoms. The number of aliphatic hydroxyl groups excluding tert-OH is 6. The third-order valence-corrected chi connectivity index (χ3v) is 17.3. The number of carboxylic acid groups (broad SMARTS) is 1. The normalized spacial score (nSPS) is 54.8. The van der Waals surface area contributed by atoms with Gasteiger partial charge in [-0.15, -0.1) is 0 Å². The zero-order valence-corrected chi connectivity index (χ0v) is 33.8. The molecular formula is C42H66O13. The first-order chi connectivity index (χ1) is 25.6. The van der Waals surface area contributed by atoms with Crippen molar-refractivity contribution in [2.75, 3.05) is 0 Å². The Labute approximate surface area is 324 Å². The Kier molecular flexibility index (Phi) is 10.5. The Morgan fingerprint density at radius 1 is 0.709 bits per heavy atom. The predicted molar refractivity (Wildman–Crippen MR) is 197 cm³/mol. The molecule has 0 spiro atoms. The maximum Gasteiger partial charge on any atom is 0.315 e. The summed E-state index contributed by atoms with van der Waals surface area (Å²) in [6, 6.07) is 0. The van der Waals surface area contributed by atoms with E-state index in [4.69, 9.17) is 18.9 Å². The second-order valence-electron chi connectivity index (χ2n) is 19.9. The van der Waals surface area contributed by atoms with Gasteiger partial charge in [0.1, 0.15) is 36.6 Å². The lowest BCUT2D eigenvalue weighted by Gasteiger charge is -2.70. The monoisotopic (exact) mass is 778 g/mol. The van der Waals surface area contributed by atoms with Gasteiger partial charge in [-0.25, -0.2) is 0 Å². The molecule has 20 unspecified atom stereocenters. The molecule has 0 aromatic heterocycles. The van der Waals surface area contributed by atoms with Crippen molar-refractivity contribution in [2.45, 2.75) is 181 Å². The van der Waals surface area contributed by atoms with Crippen LogP contribution in [0.2, 0.25) is 0 Å². The summed E-state index contributed by atoms with van der Waals surface area (Å²) in [7, 11) is 0. The van der Waals surface area contributed by atoms with E-state index in [0.29, 0.717) is 32.1 Å². The van der Waals surface area contributed by atoms with Crippen molar-refractivity contribution in [1.29, 1.82) is 0 Å². The van der Waals surface area contributed by atoms with Crippen LogP contribution in [0.1, 0.15) is 113 Å². The van der Waals surface area contributed by atoms with Gasteiger partial charge in [0.15, 0.2) is 6.29 Å². The smallest absolute Gasteiger partial charge is 0.315 e. The summed E-state index contributed by atoms with van der Waals surface area (Å²) in [5.41, 5.74) is -2.72. The number of rotatable bonds is 5. The van der Waals surface area contributed by atoms with Crippen molar-refractivity contribution < 1.29 is 64.3 Å². The standard InChI is InChI=1S/C42H66O13/c1-19-11-16-41(37(51)55-35-33(48)31(46)29(44)22(4)53-35)17-18-42(36(49)50)23(27(41)20(19)2)9-10-25-39(7)14-13-26(38(5,6)24(39)12-15-40(25,42)8)54-34-32(47)30(45)28(43)21(3)52-34/h9,19-22,24-35,43-48H,10-18H2,1-8H3,(H,49,50). The molecule has 0 aromatic carbocycles. The number of hydrogen-bond acceptors (Lipinski definition) is 12. The topological polar surface area (TPSA) is 213 Å². The summed E-state index contributed by atoms with van der Waals surface area (Å²) in [5.74, 6) is -1.47. The van der Waals surface area contributed by atoms with Crippen LogP contribution in [0.15, 0.2) is 11.6 Å². The Balaban J connectivity index is 1.21.